The van der Waals surface area contributed by atoms with E-state index in [1.807, 2.05) is 0 Å². The monoisotopic (exact) mass is 297 g/mol. The van der Waals surface area contributed by atoms with Crippen LogP contribution >= 0.6 is 23.2 Å². The maximum atomic E-state index is 12.7. The Labute approximate surface area is 120 Å². The highest BCUT2D eigenvalue weighted by molar-refractivity contribution is 6.39. The lowest BCUT2D eigenvalue weighted by Crippen LogP contribution is -2.15. The number of amides is 1. The van der Waals surface area contributed by atoms with E-state index in [0.717, 1.165) is 0 Å². The molecule has 0 atom stereocenters. The predicted octanol–water partition coefficient (Wildman–Crippen LogP) is 4.31. The van der Waals surface area contributed by atoms with Crippen molar-refractivity contribution in [1.82, 2.24) is 0 Å². The minimum Gasteiger partial charge on any atom is -0.323 e. The summed E-state index contributed by atoms with van der Waals surface area (Å²) in [5.74, 6) is -0.597. The van der Waals surface area contributed by atoms with Crippen LogP contribution in [0.5, 0.6) is 0 Å². The van der Waals surface area contributed by atoms with Gasteiger partial charge in [-0.25, -0.2) is 4.39 Å². The van der Waals surface area contributed by atoms with Crippen LogP contribution in [0.2, 0.25) is 10.0 Å². The maximum Gasteiger partial charge on any atom is 0.228 e. The van der Waals surface area contributed by atoms with E-state index in [2.05, 4.69) is 5.32 Å². The molecule has 2 nitrogen and oxygen atoms in total. The van der Waals surface area contributed by atoms with E-state index in [9.17, 15) is 9.18 Å². The summed E-state index contributed by atoms with van der Waals surface area (Å²) in [5.41, 5.74) is 1.10. The molecule has 2 aromatic carbocycles. The molecule has 0 bridgehead atoms. The summed E-state index contributed by atoms with van der Waals surface area (Å²) < 4.78 is 12.7. The Kier molecular flexibility index (Phi) is 4.40. The number of hydrogen-bond donors (Lipinski definition) is 1. The first-order chi connectivity index (χ1) is 9.06. The molecule has 5 heteroatoms. The van der Waals surface area contributed by atoms with E-state index in [1.165, 1.54) is 12.1 Å². The Hall–Kier alpha value is -1.58. The highest BCUT2D eigenvalue weighted by Crippen LogP contribution is 2.29. The number of nitrogens with one attached hydrogen (secondary N) is 1. The van der Waals surface area contributed by atoms with E-state index < -0.39 is 0 Å². The van der Waals surface area contributed by atoms with Gasteiger partial charge >= 0.3 is 0 Å². The minimum absolute atomic E-state index is 0.127. The fourth-order valence-corrected chi connectivity index (χ4v) is 2.08. The molecule has 2 rings (SSSR count). The third-order valence-electron chi connectivity index (χ3n) is 2.51. The highest BCUT2D eigenvalue weighted by Gasteiger charge is 2.10. The van der Waals surface area contributed by atoms with Crippen molar-refractivity contribution in [3.05, 3.63) is 63.9 Å². The number of halogens is 3. The fraction of sp³-hybridized carbons (Fsp3) is 0.0714. The maximum absolute atomic E-state index is 12.7. The van der Waals surface area contributed by atoms with E-state index in [1.54, 1.807) is 30.3 Å². The lowest BCUT2D eigenvalue weighted by Gasteiger charge is -2.09. The van der Waals surface area contributed by atoms with Gasteiger partial charge in [-0.05, 0) is 29.8 Å². The number of benzene rings is 2. The van der Waals surface area contributed by atoms with Crippen molar-refractivity contribution in [2.75, 3.05) is 5.32 Å². The summed E-state index contributed by atoms with van der Waals surface area (Å²) in [4.78, 5) is 11.8. The average molecular weight is 298 g/mol. The van der Waals surface area contributed by atoms with Crippen molar-refractivity contribution in [3.8, 4) is 0 Å². The molecule has 2 aromatic rings. The van der Waals surface area contributed by atoms with Crippen LogP contribution in [0, 0.1) is 5.82 Å². The number of hydrogen-bond acceptors (Lipinski definition) is 1. The second kappa shape index (κ2) is 6.04. The molecule has 0 aliphatic carbocycles. The summed E-state index contributed by atoms with van der Waals surface area (Å²) in [5, 5.41) is 3.39. The second-order valence-corrected chi connectivity index (χ2v) is 4.76. The van der Waals surface area contributed by atoms with Crippen LogP contribution in [0.25, 0.3) is 0 Å². The normalized spacial score (nSPS) is 10.3. The van der Waals surface area contributed by atoms with Crippen LogP contribution in [0.3, 0.4) is 0 Å². The first-order valence-electron chi connectivity index (χ1n) is 5.54. The molecular formula is C14H10Cl2FNO. The van der Waals surface area contributed by atoms with Crippen molar-refractivity contribution in [2.24, 2.45) is 0 Å². The zero-order chi connectivity index (χ0) is 13.8. The smallest absolute Gasteiger partial charge is 0.228 e. The van der Waals surface area contributed by atoms with Crippen molar-refractivity contribution in [2.45, 2.75) is 6.42 Å². The van der Waals surface area contributed by atoms with Gasteiger partial charge < -0.3 is 5.32 Å². The SMILES string of the molecule is O=C(Cc1ccc(F)cc1)Nc1c(Cl)cccc1Cl. The van der Waals surface area contributed by atoms with Crippen molar-refractivity contribution in [3.63, 3.8) is 0 Å². The van der Waals surface area contributed by atoms with Gasteiger partial charge in [-0.3, -0.25) is 4.79 Å². The molecular weight excluding hydrogens is 288 g/mol. The van der Waals surface area contributed by atoms with Gasteiger partial charge in [0, 0.05) is 0 Å². The minimum atomic E-state index is -0.335. The van der Waals surface area contributed by atoms with Gasteiger partial charge in [0.25, 0.3) is 0 Å². The summed E-state index contributed by atoms with van der Waals surface area (Å²) in [6.45, 7) is 0. The summed E-state index contributed by atoms with van der Waals surface area (Å²) in [7, 11) is 0. The molecule has 0 aliphatic heterocycles. The largest absolute Gasteiger partial charge is 0.323 e. The summed E-state index contributed by atoms with van der Waals surface area (Å²) in [6, 6.07) is 10.7. The van der Waals surface area contributed by atoms with Crippen molar-refractivity contribution >= 4 is 34.8 Å². The topological polar surface area (TPSA) is 29.1 Å². The van der Waals surface area contributed by atoms with E-state index in [-0.39, 0.29) is 18.1 Å². The van der Waals surface area contributed by atoms with Gasteiger partial charge in [-0.1, -0.05) is 41.4 Å². The predicted molar refractivity (Wildman–Crippen MR) is 75.2 cm³/mol. The van der Waals surface area contributed by atoms with Gasteiger partial charge in [0.05, 0.1) is 22.2 Å². The third kappa shape index (κ3) is 3.69. The van der Waals surface area contributed by atoms with Crippen LogP contribution < -0.4 is 5.32 Å². The molecule has 98 valence electrons. The van der Waals surface area contributed by atoms with Gasteiger partial charge in [-0.2, -0.15) is 0 Å². The Morgan fingerprint density at radius 3 is 2.21 bits per heavy atom. The molecule has 0 saturated carbocycles. The standard InChI is InChI=1S/C14H10Cl2FNO/c15-11-2-1-3-12(16)14(11)18-13(19)8-9-4-6-10(17)7-5-9/h1-7H,8H2,(H,18,19). The quantitative estimate of drug-likeness (QED) is 0.898. The van der Waals surface area contributed by atoms with Crippen molar-refractivity contribution in [1.29, 1.82) is 0 Å². The van der Waals surface area contributed by atoms with E-state index in [0.29, 0.717) is 21.3 Å². The van der Waals surface area contributed by atoms with Gasteiger partial charge in [-0.15, -0.1) is 0 Å². The Balaban J connectivity index is 2.07. The molecule has 0 fully saturated rings. The van der Waals surface area contributed by atoms with Gasteiger partial charge in [0.1, 0.15) is 5.82 Å². The lowest BCUT2D eigenvalue weighted by molar-refractivity contribution is -0.115. The molecule has 0 unspecified atom stereocenters. The van der Waals surface area contributed by atoms with Gasteiger partial charge in [0.2, 0.25) is 5.91 Å². The highest BCUT2D eigenvalue weighted by atomic mass is 35.5. The zero-order valence-electron chi connectivity index (χ0n) is 9.79. The van der Waals surface area contributed by atoms with Crippen LogP contribution in [-0.4, -0.2) is 5.91 Å². The van der Waals surface area contributed by atoms with Gasteiger partial charge in [0.15, 0.2) is 0 Å². The summed E-state index contributed by atoms with van der Waals surface area (Å²) in [6.07, 6.45) is 0.127. The molecule has 1 amide bonds. The first-order valence-corrected chi connectivity index (χ1v) is 6.30. The molecule has 0 aromatic heterocycles. The van der Waals surface area contributed by atoms with Crippen LogP contribution in [-0.2, 0) is 11.2 Å². The molecule has 0 aliphatic rings. The van der Waals surface area contributed by atoms with Crippen LogP contribution in [0.4, 0.5) is 10.1 Å². The Bertz CT molecular complexity index is 579. The zero-order valence-corrected chi connectivity index (χ0v) is 11.3. The molecule has 0 heterocycles. The average Bonchev–Trinajstić information content (AvgIpc) is 2.37. The summed E-state index contributed by atoms with van der Waals surface area (Å²) >= 11 is 11.9. The number of para-hydroxylation sites is 1. The molecule has 0 radical (unpaired) electrons. The fourth-order valence-electron chi connectivity index (χ4n) is 1.59. The van der Waals surface area contributed by atoms with E-state index in [4.69, 9.17) is 23.2 Å². The van der Waals surface area contributed by atoms with E-state index >= 15 is 0 Å². The molecule has 19 heavy (non-hydrogen) atoms. The molecule has 1 N–H and O–H groups in total. The Morgan fingerprint density at radius 2 is 1.63 bits per heavy atom. The molecule has 0 spiro atoms. The Morgan fingerprint density at radius 1 is 1.05 bits per heavy atom. The van der Waals surface area contributed by atoms with Crippen LogP contribution in [0.15, 0.2) is 42.5 Å². The number of carbonyl (C=O) groups excluding carboxylic acids is 1. The van der Waals surface area contributed by atoms with Crippen molar-refractivity contribution < 1.29 is 9.18 Å². The molecule has 0 saturated heterocycles. The lowest BCUT2D eigenvalue weighted by atomic mass is 10.1. The first kappa shape index (κ1) is 13.8. The number of carbonyl (C=O) groups is 1. The third-order valence-corrected chi connectivity index (χ3v) is 3.14. The number of anilines is 1. The number of rotatable bonds is 3. The van der Waals surface area contributed by atoms with Crippen LogP contribution in [0.1, 0.15) is 5.56 Å². The second-order valence-electron chi connectivity index (χ2n) is 3.95.